The van der Waals surface area contributed by atoms with Gasteiger partial charge in [0.1, 0.15) is 0 Å². The van der Waals surface area contributed by atoms with Gasteiger partial charge in [-0.25, -0.2) is 0 Å². The molecule has 18 heavy (non-hydrogen) atoms. The highest BCUT2D eigenvalue weighted by atomic mass is 14.3. The second-order valence-corrected chi connectivity index (χ2v) is 6.54. The number of hydrogen-bond donors (Lipinski definition) is 0. The summed E-state index contributed by atoms with van der Waals surface area (Å²) in [7, 11) is 0. The fraction of sp³-hybridized carbons (Fsp3) is 0.556. The maximum absolute atomic E-state index is 2.47. The van der Waals surface area contributed by atoms with Crippen LogP contribution in [-0.4, -0.2) is 0 Å². The third-order valence-corrected chi connectivity index (χ3v) is 4.08. The van der Waals surface area contributed by atoms with E-state index in [4.69, 9.17) is 0 Å². The normalized spacial score (nSPS) is 23.1. The van der Waals surface area contributed by atoms with Gasteiger partial charge in [0.05, 0.1) is 0 Å². The van der Waals surface area contributed by atoms with Gasteiger partial charge < -0.3 is 0 Å². The molecule has 2 aliphatic rings. The van der Waals surface area contributed by atoms with Crippen LogP contribution in [0.4, 0.5) is 0 Å². The van der Waals surface area contributed by atoms with Crippen LogP contribution in [0.5, 0.6) is 0 Å². The van der Waals surface area contributed by atoms with Crippen molar-refractivity contribution >= 4 is 0 Å². The highest BCUT2D eigenvalue weighted by molar-refractivity contribution is 5.54. The molecule has 98 valence electrons. The van der Waals surface area contributed by atoms with E-state index in [1.54, 1.807) is 5.57 Å². The molecule has 0 saturated carbocycles. The molecule has 0 heterocycles. The fourth-order valence-corrected chi connectivity index (χ4v) is 2.77. The highest BCUT2D eigenvalue weighted by Crippen LogP contribution is 2.41. The summed E-state index contributed by atoms with van der Waals surface area (Å²) in [5, 5.41) is 0. The molecule has 0 aromatic heterocycles. The van der Waals surface area contributed by atoms with Crippen LogP contribution in [-0.2, 0) is 0 Å². The number of fused-ring (bicyclic) bond motifs is 1. The van der Waals surface area contributed by atoms with Crippen molar-refractivity contribution in [2.75, 3.05) is 0 Å². The van der Waals surface area contributed by atoms with Crippen LogP contribution in [0.1, 0.15) is 41.5 Å². The summed E-state index contributed by atoms with van der Waals surface area (Å²) in [4.78, 5) is 0. The fourth-order valence-electron chi connectivity index (χ4n) is 2.77. The van der Waals surface area contributed by atoms with E-state index >= 15 is 0 Å². The molecule has 0 N–H and O–H groups in total. The van der Waals surface area contributed by atoms with Gasteiger partial charge in [0.15, 0.2) is 0 Å². The minimum Gasteiger partial charge on any atom is -0.0695 e. The molecule has 0 saturated heterocycles. The molecule has 0 nitrogen and oxygen atoms in total. The van der Waals surface area contributed by atoms with Gasteiger partial charge in [0.2, 0.25) is 0 Å². The molecule has 0 radical (unpaired) electrons. The van der Waals surface area contributed by atoms with Crippen LogP contribution >= 0.6 is 0 Å². The monoisotopic (exact) mass is 242 g/mol. The highest BCUT2D eigenvalue weighted by Gasteiger charge is 2.27. The zero-order valence-electron chi connectivity index (χ0n) is 12.6. The van der Waals surface area contributed by atoms with E-state index in [1.807, 2.05) is 0 Å². The summed E-state index contributed by atoms with van der Waals surface area (Å²) in [6.45, 7) is 13.8. The molecule has 0 aromatic rings. The molecule has 0 amide bonds. The van der Waals surface area contributed by atoms with Crippen LogP contribution in [0.3, 0.4) is 0 Å². The Morgan fingerprint density at radius 1 is 0.722 bits per heavy atom. The molecule has 1 unspecified atom stereocenters. The maximum atomic E-state index is 2.47. The minimum absolute atomic E-state index is 0.546. The SMILES string of the molecule is CC(C)C1=CC2=CC(C(C)C)=CC2C(C(C)C)=C1. The Morgan fingerprint density at radius 2 is 1.33 bits per heavy atom. The van der Waals surface area contributed by atoms with Crippen molar-refractivity contribution < 1.29 is 0 Å². The van der Waals surface area contributed by atoms with Gasteiger partial charge in [-0.05, 0) is 34.5 Å². The second kappa shape index (κ2) is 4.91. The molecule has 0 heteroatoms. The van der Waals surface area contributed by atoms with Gasteiger partial charge in [0, 0.05) is 5.92 Å². The predicted octanol–water partition coefficient (Wildman–Crippen LogP) is 5.30. The Kier molecular flexibility index (Phi) is 3.66. The summed E-state index contributed by atoms with van der Waals surface area (Å²) in [6.07, 6.45) is 9.73. The zero-order valence-corrected chi connectivity index (χ0v) is 12.6. The van der Waals surface area contributed by atoms with Crippen LogP contribution in [0.2, 0.25) is 0 Å². The lowest BCUT2D eigenvalue weighted by Crippen LogP contribution is -2.13. The largest absolute Gasteiger partial charge is 0.0695 e. The van der Waals surface area contributed by atoms with E-state index in [9.17, 15) is 0 Å². The van der Waals surface area contributed by atoms with Crippen molar-refractivity contribution in [2.45, 2.75) is 41.5 Å². The molecule has 0 aromatic carbocycles. The first-order valence-electron chi connectivity index (χ1n) is 7.26. The van der Waals surface area contributed by atoms with E-state index in [0.29, 0.717) is 23.7 Å². The van der Waals surface area contributed by atoms with E-state index in [0.717, 1.165) is 0 Å². The molecule has 1 atom stereocenters. The van der Waals surface area contributed by atoms with Crippen LogP contribution in [0.15, 0.2) is 46.6 Å². The lowest BCUT2D eigenvalue weighted by molar-refractivity contribution is 0.667. The Morgan fingerprint density at radius 3 is 1.83 bits per heavy atom. The molecule has 0 bridgehead atoms. The van der Waals surface area contributed by atoms with Gasteiger partial charge in [-0.15, -0.1) is 0 Å². The van der Waals surface area contributed by atoms with Crippen LogP contribution < -0.4 is 0 Å². The summed E-state index contributed by atoms with van der Waals surface area (Å²) in [5.74, 6) is 2.42. The van der Waals surface area contributed by atoms with Gasteiger partial charge in [-0.1, -0.05) is 71.4 Å². The standard InChI is InChI=1S/C18H26/c1-11(2)14-7-16-8-15(12(3)4)10-18(16)17(9-14)13(5)6/h7-13,18H,1-6H3. The maximum Gasteiger partial charge on any atom is 0.0240 e. The third-order valence-electron chi connectivity index (χ3n) is 4.08. The van der Waals surface area contributed by atoms with E-state index in [2.05, 4.69) is 65.8 Å². The first kappa shape index (κ1) is 13.4. The molecule has 0 fully saturated rings. The molecule has 2 rings (SSSR count). The summed E-state index contributed by atoms with van der Waals surface area (Å²) >= 11 is 0. The first-order chi connectivity index (χ1) is 8.40. The van der Waals surface area contributed by atoms with Crippen molar-refractivity contribution in [2.24, 2.45) is 23.7 Å². The van der Waals surface area contributed by atoms with E-state index in [1.165, 1.54) is 16.7 Å². The third kappa shape index (κ3) is 2.39. The number of hydrogen-bond acceptors (Lipinski definition) is 0. The van der Waals surface area contributed by atoms with Crippen molar-refractivity contribution in [3.8, 4) is 0 Å². The van der Waals surface area contributed by atoms with Gasteiger partial charge in [-0.3, -0.25) is 0 Å². The average Bonchev–Trinajstić information content (AvgIpc) is 2.70. The summed E-state index contributed by atoms with van der Waals surface area (Å²) in [5.41, 5.74) is 6.08. The number of allylic oxidation sites excluding steroid dienone is 8. The average molecular weight is 242 g/mol. The van der Waals surface area contributed by atoms with Gasteiger partial charge >= 0.3 is 0 Å². The Labute approximate surface area is 112 Å². The smallest absolute Gasteiger partial charge is 0.0240 e. The molecule has 0 aliphatic heterocycles. The van der Waals surface area contributed by atoms with Crippen molar-refractivity contribution in [3.63, 3.8) is 0 Å². The van der Waals surface area contributed by atoms with Crippen LogP contribution in [0, 0.1) is 23.7 Å². The van der Waals surface area contributed by atoms with Crippen LogP contribution in [0.25, 0.3) is 0 Å². The second-order valence-electron chi connectivity index (χ2n) is 6.54. The van der Waals surface area contributed by atoms with Gasteiger partial charge in [-0.2, -0.15) is 0 Å². The molecular weight excluding hydrogens is 216 g/mol. The first-order valence-corrected chi connectivity index (χ1v) is 7.26. The summed E-state index contributed by atoms with van der Waals surface area (Å²) < 4.78 is 0. The quantitative estimate of drug-likeness (QED) is 0.629. The minimum atomic E-state index is 0.546. The molecular formula is C18H26. The topological polar surface area (TPSA) is 0 Å². The van der Waals surface area contributed by atoms with Crippen molar-refractivity contribution in [1.29, 1.82) is 0 Å². The zero-order chi connectivity index (χ0) is 13.4. The lowest BCUT2D eigenvalue weighted by atomic mass is 9.79. The molecule has 2 aliphatic carbocycles. The Bertz CT molecular complexity index is 450. The summed E-state index contributed by atoms with van der Waals surface area (Å²) in [6, 6.07) is 0. The van der Waals surface area contributed by atoms with Gasteiger partial charge in [0.25, 0.3) is 0 Å². The van der Waals surface area contributed by atoms with Crippen molar-refractivity contribution in [1.82, 2.24) is 0 Å². The molecule has 0 spiro atoms. The van der Waals surface area contributed by atoms with E-state index < -0.39 is 0 Å². The van der Waals surface area contributed by atoms with E-state index in [-0.39, 0.29) is 0 Å². The lowest BCUT2D eigenvalue weighted by Gasteiger charge is -2.26. The Hall–Kier alpha value is -1.04. The van der Waals surface area contributed by atoms with Crippen molar-refractivity contribution in [3.05, 3.63) is 46.6 Å². The number of rotatable bonds is 3. The Balaban J connectivity index is 2.43. The predicted molar refractivity (Wildman–Crippen MR) is 80.3 cm³/mol.